The molecule has 0 aliphatic carbocycles. The first-order valence-corrected chi connectivity index (χ1v) is 10.2. The van der Waals surface area contributed by atoms with Crippen molar-refractivity contribution in [2.24, 2.45) is 0 Å². The number of amides is 2. The van der Waals surface area contributed by atoms with Crippen molar-refractivity contribution in [2.45, 2.75) is 13.3 Å². The third-order valence-corrected chi connectivity index (χ3v) is 5.89. The summed E-state index contributed by atoms with van der Waals surface area (Å²) < 4.78 is 0. The highest BCUT2D eigenvalue weighted by molar-refractivity contribution is 6.46. The van der Waals surface area contributed by atoms with Crippen molar-refractivity contribution >= 4 is 40.4 Å². The number of hydrogen-bond acceptors (Lipinski definition) is 3. The van der Waals surface area contributed by atoms with Crippen LogP contribution in [0.2, 0.25) is 5.02 Å². The van der Waals surface area contributed by atoms with Gasteiger partial charge in [0.2, 0.25) is 0 Å². The van der Waals surface area contributed by atoms with E-state index in [1.165, 1.54) is 10.5 Å². The minimum absolute atomic E-state index is 0.311. The fourth-order valence-electron chi connectivity index (χ4n) is 4.14. The summed E-state index contributed by atoms with van der Waals surface area (Å²) in [6.07, 6.45) is 0.837. The lowest BCUT2D eigenvalue weighted by molar-refractivity contribution is -0.120. The second kappa shape index (κ2) is 7.15. The Morgan fingerprint density at radius 1 is 0.833 bits per heavy atom. The molecule has 0 fully saturated rings. The number of carbonyl (C=O) groups is 2. The Labute approximate surface area is 180 Å². The van der Waals surface area contributed by atoms with Crippen LogP contribution in [0.1, 0.15) is 16.7 Å². The number of anilines is 2. The van der Waals surface area contributed by atoms with E-state index in [-0.39, 0.29) is 11.8 Å². The Morgan fingerprint density at radius 2 is 1.53 bits per heavy atom. The van der Waals surface area contributed by atoms with Crippen molar-refractivity contribution in [3.8, 4) is 0 Å². The third kappa shape index (κ3) is 2.92. The fourth-order valence-corrected chi connectivity index (χ4v) is 4.27. The molecule has 3 aromatic rings. The van der Waals surface area contributed by atoms with Gasteiger partial charge in [-0.1, -0.05) is 59.6 Å². The lowest BCUT2D eigenvalue weighted by Crippen LogP contribution is -2.34. The van der Waals surface area contributed by atoms with Crippen LogP contribution in [0.4, 0.5) is 11.4 Å². The van der Waals surface area contributed by atoms with E-state index in [9.17, 15) is 9.59 Å². The quantitative estimate of drug-likeness (QED) is 0.566. The van der Waals surface area contributed by atoms with Gasteiger partial charge < -0.3 is 4.90 Å². The summed E-state index contributed by atoms with van der Waals surface area (Å²) in [5, 5.41) is 0.554. The number of aryl methyl sites for hydroxylation is 1. The van der Waals surface area contributed by atoms with Crippen LogP contribution in [0.25, 0.3) is 5.57 Å². The average Bonchev–Trinajstić information content (AvgIpc) is 3.28. The van der Waals surface area contributed by atoms with Crippen LogP contribution in [0.15, 0.2) is 78.5 Å². The van der Waals surface area contributed by atoms with Gasteiger partial charge in [0.1, 0.15) is 5.70 Å². The van der Waals surface area contributed by atoms with Gasteiger partial charge in [-0.15, -0.1) is 0 Å². The van der Waals surface area contributed by atoms with Gasteiger partial charge in [0.15, 0.2) is 0 Å². The van der Waals surface area contributed by atoms with Gasteiger partial charge in [-0.25, -0.2) is 4.90 Å². The molecule has 0 unspecified atom stereocenters. The summed E-state index contributed by atoms with van der Waals surface area (Å²) in [5.74, 6) is -0.625. The number of rotatable bonds is 3. The first-order chi connectivity index (χ1) is 14.5. The van der Waals surface area contributed by atoms with Gasteiger partial charge >= 0.3 is 0 Å². The van der Waals surface area contributed by atoms with E-state index >= 15 is 0 Å². The Hall–Kier alpha value is -3.37. The molecule has 5 heteroatoms. The zero-order chi connectivity index (χ0) is 20.8. The molecule has 3 aromatic carbocycles. The summed E-state index contributed by atoms with van der Waals surface area (Å²) in [5.41, 5.74) is 5.39. The van der Waals surface area contributed by atoms with Crippen molar-refractivity contribution in [3.63, 3.8) is 0 Å². The van der Waals surface area contributed by atoms with Crippen LogP contribution in [0, 0.1) is 6.92 Å². The topological polar surface area (TPSA) is 40.6 Å². The average molecular weight is 415 g/mol. The zero-order valence-electron chi connectivity index (χ0n) is 16.4. The smallest absolute Gasteiger partial charge is 0.282 e. The molecule has 148 valence electrons. The number of para-hydroxylation sites is 1. The Balaban J connectivity index is 1.68. The molecule has 4 nitrogen and oxygen atoms in total. The van der Waals surface area contributed by atoms with Crippen molar-refractivity contribution in [1.82, 2.24) is 0 Å². The highest BCUT2D eigenvalue weighted by Crippen LogP contribution is 2.40. The SMILES string of the molecule is Cc1ccc(C2=C(N3CCc4ccccc43)C(=O)N(c3ccc(Cl)cc3)C2=O)cc1. The maximum Gasteiger partial charge on any atom is 0.282 e. The maximum absolute atomic E-state index is 13.6. The van der Waals surface area contributed by atoms with E-state index < -0.39 is 0 Å². The Kier molecular flexibility index (Phi) is 4.44. The normalized spacial score (nSPS) is 15.9. The van der Waals surface area contributed by atoms with Gasteiger partial charge in [-0.3, -0.25) is 9.59 Å². The number of carbonyl (C=O) groups excluding carboxylic acids is 2. The molecule has 0 spiro atoms. The van der Waals surface area contributed by atoms with E-state index in [0.29, 0.717) is 28.5 Å². The lowest BCUT2D eigenvalue weighted by atomic mass is 10.0. The highest BCUT2D eigenvalue weighted by atomic mass is 35.5. The summed E-state index contributed by atoms with van der Waals surface area (Å²) in [7, 11) is 0. The first kappa shape index (κ1) is 18.6. The van der Waals surface area contributed by atoms with Crippen molar-refractivity contribution in [2.75, 3.05) is 16.3 Å². The molecule has 0 saturated heterocycles. The lowest BCUT2D eigenvalue weighted by Gasteiger charge is -2.21. The molecule has 0 saturated carbocycles. The number of halogens is 1. The zero-order valence-corrected chi connectivity index (χ0v) is 17.2. The second-order valence-electron chi connectivity index (χ2n) is 7.54. The molecule has 5 rings (SSSR count). The monoisotopic (exact) mass is 414 g/mol. The summed E-state index contributed by atoms with van der Waals surface area (Å²) >= 11 is 6.01. The van der Waals surface area contributed by atoms with Gasteiger partial charge in [0.25, 0.3) is 11.8 Å². The van der Waals surface area contributed by atoms with Crippen LogP contribution >= 0.6 is 11.6 Å². The van der Waals surface area contributed by atoms with E-state index in [2.05, 4.69) is 6.07 Å². The standard InChI is InChI=1S/C25H19ClN2O2/c1-16-6-8-18(9-7-16)22-23(27-15-14-17-4-2-3-5-21(17)27)25(30)28(24(22)29)20-12-10-19(26)11-13-20/h2-13H,14-15H2,1H3. The van der Waals surface area contributed by atoms with E-state index in [1.54, 1.807) is 24.3 Å². The van der Waals surface area contributed by atoms with Crippen LogP contribution in [0.3, 0.4) is 0 Å². The Bertz CT molecular complexity index is 1200. The van der Waals surface area contributed by atoms with Gasteiger partial charge in [-0.05, 0) is 54.8 Å². The number of nitrogens with zero attached hydrogens (tertiary/aromatic N) is 2. The molecular weight excluding hydrogens is 396 g/mol. The van der Waals surface area contributed by atoms with Crippen molar-refractivity contribution in [1.29, 1.82) is 0 Å². The molecule has 2 aliphatic rings. The molecular formula is C25H19ClN2O2. The molecule has 30 heavy (non-hydrogen) atoms. The van der Waals surface area contributed by atoms with Crippen LogP contribution < -0.4 is 9.80 Å². The predicted molar refractivity (Wildman–Crippen MR) is 120 cm³/mol. The van der Waals surface area contributed by atoms with Gasteiger partial charge in [0, 0.05) is 17.3 Å². The van der Waals surface area contributed by atoms with E-state index in [0.717, 1.165) is 23.2 Å². The molecule has 0 radical (unpaired) electrons. The highest BCUT2D eigenvalue weighted by Gasteiger charge is 2.44. The van der Waals surface area contributed by atoms with Crippen LogP contribution in [-0.4, -0.2) is 18.4 Å². The van der Waals surface area contributed by atoms with Gasteiger partial charge in [0.05, 0.1) is 11.3 Å². The predicted octanol–water partition coefficient (Wildman–Crippen LogP) is 5.00. The molecule has 2 aliphatic heterocycles. The summed E-state index contributed by atoms with van der Waals surface area (Å²) in [6, 6.07) is 22.5. The van der Waals surface area contributed by atoms with E-state index in [4.69, 9.17) is 11.6 Å². The molecule has 0 aromatic heterocycles. The minimum Gasteiger partial charge on any atom is -0.336 e. The van der Waals surface area contributed by atoms with Crippen molar-refractivity contribution in [3.05, 3.63) is 100 Å². The first-order valence-electron chi connectivity index (χ1n) is 9.86. The Morgan fingerprint density at radius 3 is 2.27 bits per heavy atom. The fraction of sp³-hybridized carbons (Fsp3) is 0.120. The molecule has 0 bridgehead atoms. The van der Waals surface area contributed by atoms with Crippen LogP contribution in [-0.2, 0) is 16.0 Å². The third-order valence-electron chi connectivity index (χ3n) is 5.64. The largest absolute Gasteiger partial charge is 0.336 e. The number of fused-ring (bicyclic) bond motifs is 1. The number of imide groups is 1. The summed E-state index contributed by atoms with van der Waals surface area (Å²) in [4.78, 5) is 30.4. The van der Waals surface area contributed by atoms with Crippen LogP contribution in [0.5, 0.6) is 0 Å². The molecule has 2 heterocycles. The van der Waals surface area contributed by atoms with Gasteiger partial charge in [-0.2, -0.15) is 0 Å². The number of benzene rings is 3. The van der Waals surface area contributed by atoms with E-state index in [1.807, 2.05) is 54.3 Å². The maximum atomic E-state index is 13.6. The summed E-state index contributed by atoms with van der Waals surface area (Å²) in [6.45, 7) is 2.66. The second-order valence-corrected chi connectivity index (χ2v) is 7.98. The number of hydrogen-bond donors (Lipinski definition) is 0. The van der Waals surface area contributed by atoms with Crippen molar-refractivity contribution < 1.29 is 9.59 Å². The molecule has 0 atom stereocenters. The molecule has 2 amide bonds. The minimum atomic E-state index is -0.314. The molecule has 0 N–H and O–H groups in total.